The Morgan fingerprint density at radius 3 is 2.65 bits per heavy atom. The molecule has 0 aliphatic rings. The van der Waals surface area contributed by atoms with Gasteiger partial charge < -0.3 is 0 Å². The molecule has 7 heteroatoms. The Kier molecular flexibility index (Phi) is 9.63. The van der Waals surface area contributed by atoms with Gasteiger partial charge in [-0.2, -0.15) is 0 Å². The van der Waals surface area contributed by atoms with Crippen molar-refractivity contribution in [3.05, 3.63) is 0 Å². The van der Waals surface area contributed by atoms with Crippen molar-refractivity contribution in [2.75, 3.05) is 19.1 Å². The van der Waals surface area contributed by atoms with Crippen LogP contribution in [0.1, 0.15) is 6.42 Å². The van der Waals surface area contributed by atoms with Gasteiger partial charge >= 0.3 is 112 Å². The van der Waals surface area contributed by atoms with E-state index in [2.05, 4.69) is 10.1 Å². The van der Waals surface area contributed by atoms with Crippen LogP contribution < -0.4 is 5.32 Å². The molecule has 2 atom stereocenters. The summed E-state index contributed by atoms with van der Waals surface area (Å²) in [6.45, 7) is 0. The number of esters is 1. The van der Waals surface area contributed by atoms with Crippen LogP contribution in [0.25, 0.3) is 0 Å². The Hall–Kier alpha value is -0.231. The van der Waals surface area contributed by atoms with Gasteiger partial charge in [0.1, 0.15) is 0 Å². The number of nitrogens with one attached hydrogen (secondary N) is 1. The Bertz CT molecular complexity index is 252. The Balaban J connectivity index is 4.31. The molecule has 0 unspecified atom stereocenters. The van der Waals surface area contributed by atoms with Gasteiger partial charge in [-0.3, -0.25) is 0 Å². The van der Waals surface area contributed by atoms with Crippen LogP contribution in [0.15, 0.2) is 0 Å². The quantitative estimate of drug-likeness (QED) is 0.482. The molecule has 0 heterocycles. The number of rotatable bonds is 8. The average Bonchev–Trinajstić information content (AvgIpc) is 2.33. The second kappa shape index (κ2) is 9.76. The van der Waals surface area contributed by atoms with E-state index in [0.717, 1.165) is 5.75 Å². The summed E-state index contributed by atoms with van der Waals surface area (Å²) in [5.74, 6) is 1.72. The molecule has 0 aliphatic carbocycles. The van der Waals surface area contributed by atoms with Crippen molar-refractivity contribution in [2.45, 2.75) is 29.7 Å². The fourth-order valence-corrected chi connectivity index (χ4v) is 2.58. The standard InChI is InChI=1S/C10H19NO4SSe/c1-15-10(14)7(4-5-16-2)11-9(13)8(12)6-17-3/h7-8,12H,4-6H2,1-3H3,(H,11,13)/t7-,8+/m0/s1. The molecule has 0 aromatic heterocycles. The summed E-state index contributed by atoms with van der Waals surface area (Å²) in [6.07, 6.45) is 1.40. The van der Waals surface area contributed by atoms with Crippen LogP contribution in [0.4, 0.5) is 0 Å². The summed E-state index contributed by atoms with van der Waals surface area (Å²) in [5, 5.41) is 12.5. The first kappa shape index (κ1) is 16.8. The van der Waals surface area contributed by atoms with Crippen LogP contribution in [0.5, 0.6) is 0 Å². The first-order valence-electron chi connectivity index (χ1n) is 5.11. The number of thioether (sulfide) groups is 1. The summed E-state index contributed by atoms with van der Waals surface area (Å²) in [6, 6.07) is -0.668. The van der Waals surface area contributed by atoms with Crippen LogP contribution in [-0.4, -0.2) is 63.2 Å². The molecule has 0 fully saturated rings. The normalized spacial score (nSPS) is 13.9. The summed E-state index contributed by atoms with van der Waals surface area (Å²) in [4.78, 5) is 23.0. The molecule has 0 spiro atoms. The molecule has 0 aromatic rings. The molecule has 2 N–H and O–H groups in total. The summed E-state index contributed by atoms with van der Waals surface area (Å²) < 4.78 is 4.61. The number of methoxy groups -OCH3 is 1. The van der Waals surface area contributed by atoms with Crippen LogP contribution in [-0.2, 0) is 14.3 Å². The third-order valence-electron chi connectivity index (χ3n) is 2.04. The van der Waals surface area contributed by atoms with Crippen LogP contribution in [0.2, 0.25) is 11.1 Å². The molecule has 0 saturated carbocycles. The Morgan fingerprint density at radius 2 is 2.18 bits per heavy atom. The number of ether oxygens (including phenoxy) is 1. The number of hydrogen-bond acceptors (Lipinski definition) is 5. The third-order valence-corrected chi connectivity index (χ3v) is 4.05. The number of carbonyl (C=O) groups excluding carboxylic acids is 2. The second-order valence-electron chi connectivity index (χ2n) is 3.34. The van der Waals surface area contributed by atoms with Gasteiger partial charge in [0.2, 0.25) is 0 Å². The van der Waals surface area contributed by atoms with Gasteiger partial charge in [-0.15, -0.1) is 0 Å². The average molecular weight is 328 g/mol. The van der Waals surface area contributed by atoms with Crippen molar-refractivity contribution >= 4 is 38.6 Å². The molecule has 0 aliphatic heterocycles. The van der Waals surface area contributed by atoms with Crippen molar-refractivity contribution in [3.63, 3.8) is 0 Å². The van der Waals surface area contributed by atoms with Gasteiger partial charge in [0.15, 0.2) is 0 Å². The number of hydrogen-bond donors (Lipinski definition) is 2. The Morgan fingerprint density at radius 1 is 1.53 bits per heavy atom. The third kappa shape index (κ3) is 6.93. The summed E-state index contributed by atoms with van der Waals surface area (Å²) in [7, 11) is 1.28. The number of carbonyl (C=O) groups is 2. The monoisotopic (exact) mass is 329 g/mol. The molecule has 0 aromatic carbocycles. The fraction of sp³-hybridized carbons (Fsp3) is 0.800. The van der Waals surface area contributed by atoms with E-state index in [1.165, 1.54) is 7.11 Å². The predicted octanol–water partition coefficient (Wildman–Crippen LogP) is -0.0712. The summed E-state index contributed by atoms with van der Waals surface area (Å²) in [5.41, 5.74) is 0. The van der Waals surface area contributed by atoms with Crippen molar-refractivity contribution in [3.8, 4) is 0 Å². The van der Waals surface area contributed by atoms with Crippen LogP contribution in [0.3, 0.4) is 0 Å². The maximum absolute atomic E-state index is 11.6. The van der Waals surface area contributed by atoms with Gasteiger partial charge in [-0.05, 0) is 0 Å². The fourth-order valence-electron chi connectivity index (χ4n) is 1.13. The zero-order valence-electron chi connectivity index (χ0n) is 10.3. The minimum atomic E-state index is -1.03. The van der Waals surface area contributed by atoms with Crippen LogP contribution >= 0.6 is 11.8 Å². The first-order chi connectivity index (χ1) is 8.06. The SMILES string of the molecule is COC(=O)[C@H](CCSC)NC(=O)[C@H](O)C[Se]C. The van der Waals surface area contributed by atoms with Gasteiger partial charge in [0, 0.05) is 0 Å². The van der Waals surface area contributed by atoms with E-state index >= 15 is 0 Å². The van der Waals surface area contributed by atoms with E-state index < -0.39 is 24.0 Å². The zero-order chi connectivity index (χ0) is 13.3. The molecular formula is C10H19NO4SSe. The van der Waals surface area contributed by atoms with E-state index in [0.29, 0.717) is 11.7 Å². The van der Waals surface area contributed by atoms with Crippen molar-refractivity contribution in [2.24, 2.45) is 0 Å². The molecule has 0 radical (unpaired) electrons. The first-order valence-corrected chi connectivity index (χ1v) is 9.42. The zero-order valence-corrected chi connectivity index (χ0v) is 12.8. The summed E-state index contributed by atoms with van der Waals surface area (Å²) >= 11 is 1.80. The van der Waals surface area contributed by atoms with Crippen molar-refractivity contribution < 1.29 is 19.4 Å². The van der Waals surface area contributed by atoms with Gasteiger partial charge in [-0.25, -0.2) is 0 Å². The van der Waals surface area contributed by atoms with Crippen molar-refractivity contribution in [1.82, 2.24) is 5.32 Å². The number of amides is 1. The predicted molar refractivity (Wildman–Crippen MR) is 69.4 cm³/mol. The van der Waals surface area contributed by atoms with Crippen molar-refractivity contribution in [1.29, 1.82) is 0 Å². The molecule has 17 heavy (non-hydrogen) atoms. The number of aliphatic hydroxyl groups is 1. The van der Waals surface area contributed by atoms with Crippen LogP contribution in [0, 0.1) is 0 Å². The number of aliphatic hydroxyl groups excluding tert-OH is 1. The van der Waals surface area contributed by atoms with E-state index in [1.807, 2.05) is 12.1 Å². The molecule has 1 amide bonds. The van der Waals surface area contributed by atoms with Gasteiger partial charge in [0.05, 0.1) is 0 Å². The molecule has 0 rings (SSSR count). The molecule has 0 saturated heterocycles. The molecule has 0 bridgehead atoms. The van der Waals surface area contributed by atoms with E-state index in [1.54, 1.807) is 11.8 Å². The Labute approximate surface area is 112 Å². The van der Waals surface area contributed by atoms with E-state index in [9.17, 15) is 14.7 Å². The maximum atomic E-state index is 11.6. The topological polar surface area (TPSA) is 75.6 Å². The van der Waals surface area contributed by atoms with E-state index in [4.69, 9.17) is 0 Å². The molecule has 100 valence electrons. The minimum absolute atomic E-state index is 0.219. The molecular weight excluding hydrogens is 309 g/mol. The van der Waals surface area contributed by atoms with Gasteiger partial charge in [0.25, 0.3) is 0 Å². The molecule has 5 nitrogen and oxygen atoms in total. The van der Waals surface area contributed by atoms with E-state index in [-0.39, 0.29) is 15.0 Å². The second-order valence-corrected chi connectivity index (χ2v) is 6.23. The van der Waals surface area contributed by atoms with Gasteiger partial charge in [-0.1, -0.05) is 0 Å².